The summed E-state index contributed by atoms with van der Waals surface area (Å²) in [6, 6.07) is 5.21. The first kappa shape index (κ1) is 19.4. The Kier molecular flexibility index (Phi) is 6.55. The molecule has 0 radical (unpaired) electrons. The third kappa shape index (κ3) is 5.19. The van der Waals surface area contributed by atoms with Crippen LogP contribution < -0.4 is 0 Å². The van der Waals surface area contributed by atoms with Gasteiger partial charge >= 0.3 is 5.97 Å². The van der Waals surface area contributed by atoms with E-state index < -0.39 is 35.0 Å². The molecule has 0 aliphatic carbocycles. The molecule has 7 nitrogen and oxygen atoms in total. The van der Waals surface area contributed by atoms with Crippen LogP contribution in [0.2, 0.25) is 5.02 Å². The van der Waals surface area contributed by atoms with Crippen LogP contribution in [0.5, 0.6) is 0 Å². The van der Waals surface area contributed by atoms with Gasteiger partial charge in [-0.2, -0.15) is 4.31 Å². The molecule has 0 heterocycles. The zero-order chi connectivity index (χ0) is 17.8. The molecule has 0 aliphatic heterocycles. The Morgan fingerprint density at radius 2 is 1.70 bits per heavy atom. The first-order chi connectivity index (χ1) is 10.6. The Morgan fingerprint density at radius 3 is 2.13 bits per heavy atom. The van der Waals surface area contributed by atoms with Gasteiger partial charge in [-0.15, -0.1) is 0 Å². The number of halogens is 1. The number of carboxylic acid groups (broad SMARTS) is 1. The molecule has 9 heteroatoms. The van der Waals surface area contributed by atoms with Crippen LogP contribution in [-0.2, 0) is 19.6 Å². The second-order valence-corrected chi connectivity index (χ2v) is 7.71. The fraction of sp³-hybridized carbons (Fsp3) is 0.429. The molecule has 1 rings (SSSR count). The van der Waals surface area contributed by atoms with Crippen molar-refractivity contribution in [1.82, 2.24) is 9.21 Å². The lowest BCUT2D eigenvalue weighted by atomic mass is 10.3. The van der Waals surface area contributed by atoms with Crippen molar-refractivity contribution in [3.8, 4) is 0 Å². The zero-order valence-corrected chi connectivity index (χ0v) is 14.6. The lowest BCUT2D eigenvalue weighted by molar-refractivity contribution is -0.145. The van der Waals surface area contributed by atoms with Gasteiger partial charge in [-0.25, -0.2) is 8.42 Å². The Bertz CT molecular complexity index is 673. The van der Waals surface area contributed by atoms with Crippen LogP contribution >= 0.6 is 11.6 Å². The molecule has 1 amide bonds. The predicted octanol–water partition coefficient (Wildman–Crippen LogP) is 1.28. The number of amides is 1. The van der Waals surface area contributed by atoms with Crippen LogP contribution in [0, 0.1) is 0 Å². The smallest absolute Gasteiger partial charge is 0.323 e. The summed E-state index contributed by atoms with van der Waals surface area (Å²) >= 11 is 5.73. The number of carbonyl (C=O) groups excluding carboxylic acids is 1. The van der Waals surface area contributed by atoms with Crippen molar-refractivity contribution < 1.29 is 23.1 Å². The molecule has 23 heavy (non-hydrogen) atoms. The molecule has 1 aromatic carbocycles. The van der Waals surface area contributed by atoms with Gasteiger partial charge in [0, 0.05) is 18.1 Å². The van der Waals surface area contributed by atoms with E-state index in [4.69, 9.17) is 16.7 Å². The number of sulfonamides is 1. The molecule has 0 spiro atoms. The Balaban J connectivity index is 2.92. The van der Waals surface area contributed by atoms with Crippen molar-refractivity contribution in [2.24, 2.45) is 0 Å². The number of benzene rings is 1. The van der Waals surface area contributed by atoms with Crippen LogP contribution in [0.1, 0.15) is 13.8 Å². The fourth-order valence-electron chi connectivity index (χ4n) is 1.86. The number of rotatable bonds is 7. The van der Waals surface area contributed by atoms with Crippen LogP contribution in [0.3, 0.4) is 0 Å². The molecule has 0 saturated heterocycles. The highest BCUT2D eigenvalue weighted by atomic mass is 35.5. The van der Waals surface area contributed by atoms with Gasteiger partial charge in [-0.05, 0) is 38.1 Å². The summed E-state index contributed by atoms with van der Waals surface area (Å²) in [5.41, 5.74) is 0. The fourth-order valence-corrected chi connectivity index (χ4v) is 3.10. The van der Waals surface area contributed by atoms with E-state index in [1.807, 2.05) is 0 Å². The van der Waals surface area contributed by atoms with Crippen LogP contribution in [0.4, 0.5) is 0 Å². The molecule has 0 saturated carbocycles. The van der Waals surface area contributed by atoms with Gasteiger partial charge < -0.3 is 10.0 Å². The second-order valence-electron chi connectivity index (χ2n) is 5.22. The monoisotopic (exact) mass is 362 g/mol. The first-order valence-corrected chi connectivity index (χ1v) is 8.60. The maximum Gasteiger partial charge on any atom is 0.323 e. The average molecular weight is 363 g/mol. The van der Waals surface area contributed by atoms with Crippen LogP contribution in [0.25, 0.3) is 0 Å². The third-order valence-corrected chi connectivity index (χ3v) is 5.20. The quantitative estimate of drug-likeness (QED) is 0.788. The summed E-state index contributed by atoms with van der Waals surface area (Å²) in [6.45, 7) is 2.39. The van der Waals surface area contributed by atoms with E-state index >= 15 is 0 Å². The maximum atomic E-state index is 12.4. The molecular weight excluding hydrogens is 344 g/mol. The number of nitrogens with zero attached hydrogens (tertiary/aromatic N) is 2. The summed E-state index contributed by atoms with van der Waals surface area (Å²) in [4.78, 5) is 24.1. The molecule has 0 bridgehead atoms. The highest BCUT2D eigenvalue weighted by Crippen LogP contribution is 2.17. The Hall–Kier alpha value is -1.64. The van der Waals surface area contributed by atoms with Crippen molar-refractivity contribution in [2.45, 2.75) is 24.8 Å². The number of carbonyl (C=O) groups is 2. The largest absolute Gasteiger partial charge is 0.480 e. The van der Waals surface area contributed by atoms with Gasteiger partial charge in [0.05, 0.1) is 11.4 Å². The minimum absolute atomic E-state index is 0.00605. The molecule has 0 aliphatic rings. The summed E-state index contributed by atoms with van der Waals surface area (Å²) < 4.78 is 25.7. The van der Waals surface area contributed by atoms with Crippen molar-refractivity contribution in [1.29, 1.82) is 0 Å². The van der Waals surface area contributed by atoms with Crippen LogP contribution in [0.15, 0.2) is 29.2 Å². The van der Waals surface area contributed by atoms with Gasteiger partial charge in [0.2, 0.25) is 15.9 Å². The van der Waals surface area contributed by atoms with E-state index in [0.717, 1.165) is 9.21 Å². The molecule has 128 valence electrons. The maximum absolute atomic E-state index is 12.4. The molecule has 1 N–H and O–H groups in total. The lowest BCUT2D eigenvalue weighted by Gasteiger charge is -2.27. The molecular formula is C14H19ClN2O5S. The minimum atomic E-state index is -3.86. The van der Waals surface area contributed by atoms with E-state index in [1.165, 1.54) is 31.3 Å². The summed E-state index contributed by atoms with van der Waals surface area (Å²) in [5, 5.41) is 9.24. The first-order valence-electron chi connectivity index (χ1n) is 6.79. The Labute approximate surface area is 140 Å². The van der Waals surface area contributed by atoms with Gasteiger partial charge in [0.25, 0.3) is 0 Å². The normalized spacial score (nSPS) is 11.7. The zero-order valence-electron chi connectivity index (χ0n) is 13.1. The SMILES string of the molecule is CC(C)N(CC(=O)O)C(=O)CN(C)S(=O)(=O)c1ccc(Cl)cc1. The molecule has 1 aromatic rings. The van der Waals surface area contributed by atoms with E-state index in [2.05, 4.69) is 0 Å². The number of hydrogen-bond donors (Lipinski definition) is 1. The predicted molar refractivity (Wildman–Crippen MR) is 85.8 cm³/mol. The summed E-state index contributed by atoms with van der Waals surface area (Å²) in [5.74, 6) is -1.74. The standard InChI is InChI=1S/C14H19ClN2O5S/c1-10(2)17(9-14(19)20)13(18)8-16(3)23(21,22)12-6-4-11(15)5-7-12/h4-7,10H,8-9H2,1-3H3,(H,19,20). The molecule has 0 aromatic heterocycles. The van der Waals surface area contributed by atoms with Crippen molar-refractivity contribution in [2.75, 3.05) is 20.1 Å². The van der Waals surface area contributed by atoms with Crippen molar-refractivity contribution >= 4 is 33.5 Å². The summed E-state index contributed by atoms with van der Waals surface area (Å²) in [6.07, 6.45) is 0. The van der Waals surface area contributed by atoms with E-state index in [9.17, 15) is 18.0 Å². The van der Waals surface area contributed by atoms with E-state index in [1.54, 1.807) is 13.8 Å². The lowest BCUT2D eigenvalue weighted by Crippen LogP contribution is -2.46. The van der Waals surface area contributed by atoms with Crippen molar-refractivity contribution in [3.05, 3.63) is 29.3 Å². The molecule has 0 unspecified atom stereocenters. The second kappa shape index (κ2) is 7.76. The third-order valence-electron chi connectivity index (χ3n) is 3.13. The number of aliphatic carboxylic acids is 1. The molecule has 0 fully saturated rings. The van der Waals surface area contributed by atoms with E-state index in [0.29, 0.717) is 5.02 Å². The molecule has 0 atom stereocenters. The van der Waals surface area contributed by atoms with Crippen molar-refractivity contribution in [3.63, 3.8) is 0 Å². The topological polar surface area (TPSA) is 95.0 Å². The number of hydrogen-bond acceptors (Lipinski definition) is 4. The van der Waals surface area contributed by atoms with Crippen LogP contribution in [-0.4, -0.2) is 60.8 Å². The average Bonchev–Trinajstić information content (AvgIpc) is 2.44. The Morgan fingerprint density at radius 1 is 1.17 bits per heavy atom. The minimum Gasteiger partial charge on any atom is -0.480 e. The number of carboxylic acids is 1. The van der Waals surface area contributed by atoms with Gasteiger partial charge in [-0.1, -0.05) is 11.6 Å². The van der Waals surface area contributed by atoms with E-state index in [-0.39, 0.29) is 10.9 Å². The highest BCUT2D eigenvalue weighted by molar-refractivity contribution is 7.89. The van der Waals surface area contributed by atoms with Gasteiger partial charge in [0.15, 0.2) is 0 Å². The highest BCUT2D eigenvalue weighted by Gasteiger charge is 2.27. The van der Waals surface area contributed by atoms with Gasteiger partial charge in [-0.3, -0.25) is 9.59 Å². The summed E-state index contributed by atoms with van der Waals surface area (Å²) in [7, 11) is -2.59. The number of likely N-dealkylation sites (N-methyl/N-ethyl adjacent to an activating group) is 1. The van der Waals surface area contributed by atoms with Gasteiger partial charge in [0.1, 0.15) is 6.54 Å².